The monoisotopic (exact) mass is 323 g/mol. The molecule has 0 spiro atoms. The van der Waals surface area contributed by atoms with E-state index >= 15 is 0 Å². The molecule has 0 saturated carbocycles. The van der Waals surface area contributed by atoms with Crippen LogP contribution in [0.25, 0.3) is 11.3 Å². The first-order chi connectivity index (χ1) is 11.7. The van der Waals surface area contributed by atoms with Crippen molar-refractivity contribution in [2.75, 3.05) is 6.54 Å². The van der Waals surface area contributed by atoms with Gasteiger partial charge in [0.15, 0.2) is 5.78 Å². The number of ketones is 1. The van der Waals surface area contributed by atoms with E-state index in [9.17, 15) is 4.79 Å². The normalized spacial score (nSPS) is 15.1. The van der Waals surface area contributed by atoms with Crippen LogP contribution >= 0.6 is 0 Å². The molecular weight excluding hydrogens is 302 g/mol. The van der Waals surface area contributed by atoms with Crippen molar-refractivity contribution in [1.29, 1.82) is 0 Å². The van der Waals surface area contributed by atoms with E-state index in [4.69, 9.17) is 4.42 Å². The number of Topliss-reactive ketones (excluding diaryl/α,β-unsaturated/α-hetero) is 1. The van der Waals surface area contributed by atoms with Crippen LogP contribution < -0.4 is 5.43 Å². The summed E-state index contributed by atoms with van der Waals surface area (Å²) in [6.45, 7) is 2.43. The van der Waals surface area contributed by atoms with Crippen molar-refractivity contribution in [3.8, 4) is 11.3 Å². The van der Waals surface area contributed by atoms with Gasteiger partial charge in [0.05, 0.1) is 6.21 Å². The van der Waals surface area contributed by atoms with Gasteiger partial charge < -0.3 is 4.42 Å². The maximum Gasteiger partial charge on any atom is 0.159 e. The Morgan fingerprint density at radius 2 is 2.00 bits per heavy atom. The van der Waals surface area contributed by atoms with Gasteiger partial charge in [-0.1, -0.05) is 30.7 Å². The van der Waals surface area contributed by atoms with E-state index in [1.54, 1.807) is 25.3 Å². The molecule has 0 unspecified atom stereocenters. The van der Waals surface area contributed by atoms with Crippen molar-refractivity contribution in [3.05, 3.63) is 47.7 Å². The summed E-state index contributed by atoms with van der Waals surface area (Å²) in [5, 5.41) is 4.21. The van der Waals surface area contributed by atoms with Gasteiger partial charge in [-0.25, -0.2) is 0 Å². The molecule has 1 N–H and O–H groups in total. The van der Waals surface area contributed by atoms with Crippen molar-refractivity contribution in [2.24, 2.45) is 10.1 Å². The van der Waals surface area contributed by atoms with Gasteiger partial charge in [0, 0.05) is 24.1 Å². The van der Waals surface area contributed by atoms with Crippen LogP contribution in [0.4, 0.5) is 0 Å². The first-order valence-corrected chi connectivity index (χ1v) is 8.26. The van der Waals surface area contributed by atoms with Gasteiger partial charge in [0.1, 0.15) is 17.4 Å². The predicted octanol–water partition coefficient (Wildman–Crippen LogP) is 4.05. The number of nitrogens with one attached hydrogen (secondary N) is 1. The Hall–Kier alpha value is -2.69. The van der Waals surface area contributed by atoms with Gasteiger partial charge in [0.25, 0.3) is 0 Å². The Kier molecular flexibility index (Phi) is 5.21. The van der Waals surface area contributed by atoms with Gasteiger partial charge in [-0.3, -0.25) is 15.2 Å². The highest BCUT2D eigenvalue weighted by atomic mass is 16.3. The lowest BCUT2D eigenvalue weighted by atomic mass is 10.1. The van der Waals surface area contributed by atoms with Gasteiger partial charge in [-0.2, -0.15) is 5.10 Å². The van der Waals surface area contributed by atoms with E-state index < -0.39 is 0 Å². The molecule has 2 aromatic rings. The summed E-state index contributed by atoms with van der Waals surface area (Å²) in [7, 11) is 0. The molecule has 0 atom stereocenters. The SMILES string of the molecule is CC(=O)c1ccc(-c2ccc(/C=N/NC3=NCCCCC3)o2)cc1. The quantitative estimate of drug-likeness (QED) is 0.524. The molecule has 5 nitrogen and oxygen atoms in total. The minimum absolute atomic E-state index is 0.0568. The van der Waals surface area contributed by atoms with Crippen LogP contribution in [0.3, 0.4) is 0 Å². The third-order valence-electron chi connectivity index (χ3n) is 3.96. The van der Waals surface area contributed by atoms with Crippen LogP contribution in [0.5, 0.6) is 0 Å². The molecule has 0 aliphatic carbocycles. The Labute approximate surface area is 141 Å². The van der Waals surface area contributed by atoms with Crippen LogP contribution in [0, 0.1) is 0 Å². The second-order valence-electron chi connectivity index (χ2n) is 5.84. The largest absolute Gasteiger partial charge is 0.455 e. The average molecular weight is 323 g/mol. The number of hydrogen-bond acceptors (Lipinski definition) is 5. The minimum Gasteiger partial charge on any atom is -0.455 e. The summed E-state index contributed by atoms with van der Waals surface area (Å²) in [6.07, 6.45) is 6.13. The molecule has 0 saturated heterocycles. The van der Waals surface area contributed by atoms with Crippen LogP contribution in [0.2, 0.25) is 0 Å². The fourth-order valence-electron chi connectivity index (χ4n) is 2.58. The van der Waals surface area contributed by atoms with Crippen molar-refractivity contribution < 1.29 is 9.21 Å². The predicted molar refractivity (Wildman–Crippen MR) is 95.6 cm³/mol. The fraction of sp³-hybridized carbons (Fsp3) is 0.316. The van der Waals surface area contributed by atoms with Crippen LogP contribution in [0.15, 0.2) is 50.9 Å². The molecule has 1 aliphatic rings. The number of carbonyl (C=O) groups excluding carboxylic acids is 1. The van der Waals surface area contributed by atoms with Crippen LogP contribution in [-0.2, 0) is 0 Å². The second kappa shape index (κ2) is 7.73. The molecule has 5 heteroatoms. The van der Waals surface area contributed by atoms with E-state index in [1.807, 2.05) is 24.3 Å². The van der Waals surface area contributed by atoms with Gasteiger partial charge in [-0.15, -0.1) is 0 Å². The average Bonchev–Trinajstić information content (AvgIpc) is 2.91. The van der Waals surface area contributed by atoms with E-state index in [2.05, 4.69) is 15.5 Å². The number of carbonyl (C=O) groups is 1. The minimum atomic E-state index is 0.0568. The van der Waals surface area contributed by atoms with Crippen molar-refractivity contribution in [3.63, 3.8) is 0 Å². The molecule has 0 bridgehead atoms. The smallest absolute Gasteiger partial charge is 0.159 e. The number of furan rings is 1. The summed E-state index contributed by atoms with van der Waals surface area (Å²) >= 11 is 0. The summed E-state index contributed by atoms with van der Waals surface area (Å²) in [5.74, 6) is 2.41. The zero-order chi connectivity index (χ0) is 16.8. The highest BCUT2D eigenvalue weighted by Crippen LogP contribution is 2.22. The van der Waals surface area contributed by atoms with Crippen molar-refractivity contribution >= 4 is 17.8 Å². The molecular formula is C19H21N3O2. The summed E-state index contributed by atoms with van der Waals surface area (Å²) in [6, 6.07) is 11.1. The highest BCUT2D eigenvalue weighted by Gasteiger charge is 2.06. The first-order valence-electron chi connectivity index (χ1n) is 8.26. The Balaban J connectivity index is 1.63. The molecule has 124 valence electrons. The molecule has 2 heterocycles. The van der Waals surface area contributed by atoms with Gasteiger partial charge in [-0.05, 0) is 31.9 Å². The number of nitrogens with zero attached hydrogens (tertiary/aromatic N) is 2. The molecule has 1 aromatic heterocycles. The number of benzene rings is 1. The molecule has 1 aliphatic heterocycles. The van der Waals surface area contributed by atoms with Crippen molar-refractivity contribution in [2.45, 2.75) is 32.6 Å². The number of amidine groups is 1. The fourth-order valence-corrected chi connectivity index (χ4v) is 2.58. The summed E-state index contributed by atoms with van der Waals surface area (Å²) in [4.78, 5) is 15.8. The number of hydrogen-bond donors (Lipinski definition) is 1. The zero-order valence-electron chi connectivity index (χ0n) is 13.8. The molecule has 1 aromatic carbocycles. The number of rotatable bonds is 4. The van der Waals surface area contributed by atoms with Crippen LogP contribution in [0.1, 0.15) is 48.7 Å². The summed E-state index contributed by atoms with van der Waals surface area (Å²) in [5.41, 5.74) is 4.63. The van der Waals surface area contributed by atoms with E-state index in [0.29, 0.717) is 11.3 Å². The molecule has 0 radical (unpaired) electrons. The topological polar surface area (TPSA) is 67.0 Å². The molecule has 0 fully saturated rings. The van der Waals surface area contributed by atoms with Gasteiger partial charge >= 0.3 is 0 Å². The van der Waals surface area contributed by atoms with E-state index in [-0.39, 0.29) is 5.78 Å². The maximum absolute atomic E-state index is 11.3. The number of aliphatic imine (C=N–C) groups is 1. The summed E-state index contributed by atoms with van der Waals surface area (Å²) < 4.78 is 5.77. The van der Waals surface area contributed by atoms with Crippen LogP contribution in [-0.4, -0.2) is 24.4 Å². The Morgan fingerprint density at radius 1 is 1.17 bits per heavy atom. The molecule has 24 heavy (non-hydrogen) atoms. The first kappa shape index (κ1) is 16.2. The molecule has 3 rings (SSSR count). The van der Waals surface area contributed by atoms with Crippen molar-refractivity contribution in [1.82, 2.24) is 5.43 Å². The lowest BCUT2D eigenvalue weighted by Crippen LogP contribution is -2.17. The standard InChI is InChI=1S/C19H21N3O2/c1-14(23)15-6-8-16(9-7-15)18-11-10-17(24-18)13-21-22-19-5-3-2-4-12-20-19/h6-11,13H,2-5,12H2,1H3,(H,20,22)/b21-13+. The van der Waals surface area contributed by atoms with E-state index in [0.717, 1.165) is 43.0 Å². The highest BCUT2D eigenvalue weighted by molar-refractivity contribution is 5.94. The number of hydrazone groups is 1. The van der Waals surface area contributed by atoms with Gasteiger partial charge in [0.2, 0.25) is 0 Å². The van der Waals surface area contributed by atoms with E-state index in [1.165, 1.54) is 6.42 Å². The lowest BCUT2D eigenvalue weighted by molar-refractivity contribution is 0.101. The Bertz CT molecular complexity index is 757. The zero-order valence-corrected chi connectivity index (χ0v) is 13.8. The maximum atomic E-state index is 11.3. The second-order valence-corrected chi connectivity index (χ2v) is 5.84. The Morgan fingerprint density at radius 3 is 2.79 bits per heavy atom. The molecule has 0 amide bonds. The lowest BCUT2D eigenvalue weighted by Gasteiger charge is -2.01. The third kappa shape index (κ3) is 4.19. The third-order valence-corrected chi connectivity index (χ3v) is 3.96.